The third kappa shape index (κ3) is 20.5. The van der Waals surface area contributed by atoms with Crippen molar-refractivity contribution in [2.75, 3.05) is 55.9 Å². The van der Waals surface area contributed by atoms with Gasteiger partial charge in [0.15, 0.2) is 0 Å². The highest BCUT2D eigenvalue weighted by Gasteiger charge is 2.49. The number of halogens is 1. The van der Waals surface area contributed by atoms with E-state index < -0.39 is 150 Å². The van der Waals surface area contributed by atoms with Gasteiger partial charge in [0.05, 0.1) is 18.8 Å². The molecule has 0 radical (unpaired) electrons. The number of carbonyl (C=O) groups excluding carboxylic acids is 11. The minimum absolute atomic E-state index is 0.0263. The molecule has 0 saturated carbocycles. The lowest BCUT2D eigenvalue weighted by Gasteiger charge is -2.41. The van der Waals surface area contributed by atoms with Gasteiger partial charge in [0.2, 0.25) is 65.0 Å². The Morgan fingerprint density at radius 2 is 0.895 bits per heavy atom. The van der Waals surface area contributed by atoms with Gasteiger partial charge in [-0.3, -0.25) is 52.7 Å². The maximum Gasteiger partial charge on any atom is 0.246 e. The molecule has 0 aromatic carbocycles. The van der Waals surface area contributed by atoms with Crippen LogP contribution in [0.15, 0.2) is 0 Å². The van der Waals surface area contributed by atoms with Crippen molar-refractivity contribution in [2.24, 2.45) is 41.4 Å². The molecule has 0 spiro atoms. The molecule has 24 heteroatoms. The highest BCUT2D eigenvalue weighted by atomic mass is 127. The van der Waals surface area contributed by atoms with Gasteiger partial charge in [-0.1, -0.05) is 126 Å². The van der Waals surface area contributed by atoms with Crippen LogP contribution in [0.1, 0.15) is 156 Å². The van der Waals surface area contributed by atoms with Crippen LogP contribution in [0.2, 0.25) is 0 Å². The van der Waals surface area contributed by atoms with Crippen LogP contribution >= 0.6 is 22.6 Å². The molecule has 0 aromatic heterocycles. The topological polar surface area (TPSA) is 268 Å². The van der Waals surface area contributed by atoms with Crippen LogP contribution in [-0.4, -0.2) is 232 Å². The highest BCUT2D eigenvalue weighted by Crippen LogP contribution is 2.35. The summed E-state index contributed by atoms with van der Waals surface area (Å²) in [5, 5.41) is 11.2. The first-order valence-electron chi connectivity index (χ1n) is 31.0. The van der Waals surface area contributed by atoms with E-state index in [0.29, 0.717) is 6.42 Å². The van der Waals surface area contributed by atoms with Crippen LogP contribution in [0.4, 0.5) is 0 Å². The zero-order chi connectivity index (χ0) is 66.4. The van der Waals surface area contributed by atoms with Gasteiger partial charge in [-0.15, -0.1) is 0 Å². The van der Waals surface area contributed by atoms with Crippen molar-refractivity contribution in [3.63, 3.8) is 0 Å². The zero-order valence-electron chi connectivity index (χ0n) is 56.4. The minimum Gasteiger partial charge on any atom is -0.371 e. The molecule has 4 N–H and O–H groups in total. The van der Waals surface area contributed by atoms with Crippen molar-refractivity contribution in [2.45, 2.75) is 233 Å². The second-order valence-corrected chi connectivity index (χ2v) is 28.8. The van der Waals surface area contributed by atoms with Gasteiger partial charge in [-0.05, 0) is 93.8 Å². The fourth-order valence-electron chi connectivity index (χ4n) is 11.4. The summed E-state index contributed by atoms with van der Waals surface area (Å²) in [5.41, 5.74) is 0. The average molecular weight is 1330 g/mol. The van der Waals surface area contributed by atoms with E-state index in [1.165, 1.54) is 97.5 Å². The summed E-state index contributed by atoms with van der Waals surface area (Å²) >= 11 is 2.26. The van der Waals surface area contributed by atoms with Crippen molar-refractivity contribution in [3.8, 4) is 0 Å². The van der Waals surface area contributed by atoms with Crippen LogP contribution in [0.3, 0.4) is 0 Å². The first-order valence-corrected chi connectivity index (χ1v) is 32.2. The number of hydrogen-bond acceptors (Lipinski definition) is 12. The van der Waals surface area contributed by atoms with E-state index in [1.54, 1.807) is 34.6 Å². The van der Waals surface area contributed by atoms with Crippen molar-refractivity contribution in [1.82, 2.24) is 55.6 Å². The zero-order valence-corrected chi connectivity index (χ0v) is 58.6. The molecule has 11 amide bonds. The molecule has 2 fully saturated rings. The largest absolute Gasteiger partial charge is 0.371 e. The number of likely N-dealkylation sites (N-methyl/N-ethyl adjacent to an activating group) is 7. The smallest absolute Gasteiger partial charge is 0.246 e. The van der Waals surface area contributed by atoms with Crippen LogP contribution in [0.25, 0.3) is 0 Å². The van der Waals surface area contributed by atoms with Crippen molar-refractivity contribution < 1.29 is 57.5 Å². The number of nitrogens with zero attached hydrogens (tertiary/aromatic N) is 7. The first-order chi connectivity index (χ1) is 39.6. The van der Waals surface area contributed by atoms with Gasteiger partial charge in [0, 0.05) is 53.3 Å². The standard InChI is InChI=1S/C62H110IN11O12/c1-25-42-58(81)68(18)31-48(75)69(19)43(26-32(2)3)55(78)67-49(36(10)11)61(84)70(20)44(27-33(4)5)54(77)64-40(16)53(76)65-41(17)57(80)71(21)45(28-34(6)7)59(82)72(22)46(29-35(8)9)60(83)73(23)50(37(12)13)62(85)74(24)51(56(79)66-42)52-38(14)30-47(86-52)39(15)63/h32-47,49-52H,25-31H2,1-24H3,(H,64,77)(H,65,76)(H,66,79)(H,67,78). The predicted octanol–water partition coefficient (Wildman–Crippen LogP) is 3.92. The quantitative estimate of drug-likeness (QED) is 0.151. The van der Waals surface area contributed by atoms with Gasteiger partial charge < -0.3 is 60.3 Å². The number of hydrogen-bond donors (Lipinski definition) is 4. The van der Waals surface area contributed by atoms with Crippen molar-refractivity contribution in [1.29, 1.82) is 0 Å². The fraction of sp³-hybridized carbons (Fsp3) is 0.823. The Morgan fingerprint density at radius 3 is 1.34 bits per heavy atom. The van der Waals surface area contributed by atoms with Gasteiger partial charge in [-0.2, -0.15) is 0 Å². The second kappa shape index (κ2) is 34.0. The summed E-state index contributed by atoms with van der Waals surface area (Å²) in [5.74, 6) is -8.68. The molecule has 2 rings (SSSR count). The Morgan fingerprint density at radius 1 is 0.465 bits per heavy atom. The Balaban J connectivity index is 2.97. The van der Waals surface area contributed by atoms with E-state index in [-0.39, 0.29) is 71.7 Å². The lowest BCUT2D eigenvalue weighted by atomic mass is 9.92. The maximum absolute atomic E-state index is 15.3. The van der Waals surface area contributed by atoms with E-state index in [4.69, 9.17) is 4.74 Å². The van der Waals surface area contributed by atoms with Crippen molar-refractivity contribution >= 4 is 87.6 Å². The number of amides is 11. The van der Waals surface area contributed by atoms with Crippen molar-refractivity contribution in [3.05, 3.63) is 0 Å². The van der Waals surface area contributed by atoms with Crippen LogP contribution in [-0.2, 0) is 57.5 Å². The van der Waals surface area contributed by atoms with Gasteiger partial charge >= 0.3 is 0 Å². The Hall–Kier alpha value is -5.14. The fourth-order valence-corrected chi connectivity index (χ4v) is 11.9. The van der Waals surface area contributed by atoms with E-state index in [0.717, 1.165) is 0 Å². The number of nitrogens with one attached hydrogen (secondary N) is 4. The molecule has 0 aliphatic carbocycles. The summed E-state index contributed by atoms with van der Waals surface area (Å²) in [6, 6.07) is -11.8. The van der Waals surface area contributed by atoms with Crippen LogP contribution in [0, 0.1) is 41.4 Å². The van der Waals surface area contributed by atoms with E-state index >= 15 is 19.2 Å². The Kier molecular flexibility index (Phi) is 30.4. The van der Waals surface area contributed by atoms with E-state index in [1.807, 2.05) is 69.2 Å². The summed E-state index contributed by atoms with van der Waals surface area (Å²) in [4.78, 5) is 170. The molecular weight excluding hydrogens is 1220 g/mol. The first kappa shape index (κ1) is 77.0. The normalized spacial score (nSPS) is 29.8. The summed E-state index contributed by atoms with van der Waals surface area (Å²) in [6.45, 7) is 30.1. The highest BCUT2D eigenvalue weighted by molar-refractivity contribution is 14.1. The SMILES string of the molecule is CCC1NC(=O)C(C2OC(C(C)I)CC2C)N(C)C(=O)C(C(C)C)N(C)C(=O)C(CC(C)C)N(C)C(=O)C(CC(C)C)N(C)C(=O)C(C)NC(=O)C(C)NC(=O)C(CC(C)C)N(C)C(=O)C(C(C)C)NC(=O)C(CC(C)C)N(C)C(=O)CN(C)C1=O. The molecule has 492 valence electrons. The molecule has 23 nitrogen and oxygen atoms in total. The lowest BCUT2D eigenvalue weighted by Crippen LogP contribution is -2.63. The van der Waals surface area contributed by atoms with Gasteiger partial charge in [-0.25, -0.2) is 0 Å². The van der Waals surface area contributed by atoms with Crippen LogP contribution < -0.4 is 21.3 Å². The van der Waals surface area contributed by atoms with Crippen LogP contribution in [0.5, 0.6) is 0 Å². The molecule has 86 heavy (non-hydrogen) atoms. The van der Waals surface area contributed by atoms with E-state index in [9.17, 15) is 33.6 Å². The molecule has 14 unspecified atom stereocenters. The maximum atomic E-state index is 15.3. The number of ether oxygens (including phenoxy) is 1. The molecule has 2 heterocycles. The number of rotatable bonds is 13. The lowest BCUT2D eigenvalue weighted by molar-refractivity contribution is -0.158. The second-order valence-electron chi connectivity index (χ2n) is 26.8. The van der Waals surface area contributed by atoms with Gasteiger partial charge in [0.1, 0.15) is 60.4 Å². The summed E-state index contributed by atoms with van der Waals surface area (Å²) < 4.78 is 6.65. The monoisotopic (exact) mass is 1330 g/mol. The number of alkyl halides is 1. The molecule has 0 bridgehead atoms. The third-order valence-electron chi connectivity index (χ3n) is 16.7. The molecular formula is C62H110IN11O12. The molecule has 2 aliphatic heterocycles. The van der Waals surface area contributed by atoms with Gasteiger partial charge in [0.25, 0.3) is 0 Å². The molecule has 0 aromatic rings. The average Bonchev–Trinajstić information content (AvgIpc) is 1.65. The minimum atomic E-state index is -1.31. The molecule has 14 atom stereocenters. The Labute approximate surface area is 528 Å². The molecule has 2 aliphatic rings. The van der Waals surface area contributed by atoms with E-state index in [2.05, 4.69) is 43.9 Å². The number of carbonyl (C=O) groups is 11. The third-order valence-corrected chi connectivity index (χ3v) is 17.5. The Bertz CT molecular complexity index is 2370. The predicted molar refractivity (Wildman–Crippen MR) is 340 cm³/mol. The summed E-state index contributed by atoms with van der Waals surface area (Å²) in [7, 11) is 10.2. The summed E-state index contributed by atoms with van der Waals surface area (Å²) in [6.07, 6.45) is 0.224. The molecule has 2 saturated heterocycles.